The second-order valence-electron chi connectivity index (χ2n) is 4.37. The Balaban J connectivity index is -0.000000129. The number of carboxylic acids is 3. The standard InChI is InChI=1S/C7H12O2.C5H10O.C3H4O4.BI3/c1-2-3-4-5-6-7(8)9;1-2-3-4-5-6;4-2(5)1-3(6)7;1-4(2)3/h5-6H,2-4H2,1H3,(H,8,9);5H,2-4H2,1H3;1H2,(H,4,5)(H,6,7);/b6-5+;;;. The first-order valence-corrected chi connectivity index (χ1v) is 21.4. The number of carbonyl (C=O) groups excluding carboxylic acids is 1. The van der Waals surface area contributed by atoms with Crippen molar-refractivity contribution in [2.24, 2.45) is 0 Å². The molecule has 2 radical (unpaired) electrons. The molecular weight excluding hydrogens is 684 g/mol. The van der Waals surface area contributed by atoms with Gasteiger partial charge < -0.3 is 20.1 Å². The summed E-state index contributed by atoms with van der Waals surface area (Å²) < 4.78 is 0. The first-order chi connectivity index (χ1) is 12.0. The number of halogens is 3. The Morgan fingerprint density at radius 3 is 1.54 bits per heavy atom. The molecule has 0 aliphatic carbocycles. The molecule has 0 saturated carbocycles. The molecular formula is C15H26BI3O7. The Hall–Kier alpha value is 0.0749. The van der Waals surface area contributed by atoms with Crippen molar-refractivity contribution in [2.45, 2.75) is 58.8 Å². The van der Waals surface area contributed by atoms with Gasteiger partial charge in [-0.15, -0.1) is 0 Å². The van der Waals surface area contributed by atoms with E-state index in [9.17, 15) is 19.2 Å². The molecule has 0 aliphatic rings. The molecule has 0 rings (SSSR count). The van der Waals surface area contributed by atoms with E-state index in [0.717, 1.165) is 44.8 Å². The molecule has 0 aliphatic heterocycles. The predicted octanol–water partition coefficient (Wildman–Crippen LogP) is 5.01. The molecule has 0 heterocycles. The van der Waals surface area contributed by atoms with E-state index >= 15 is 0 Å². The molecule has 0 spiro atoms. The van der Waals surface area contributed by atoms with Crippen LogP contribution in [0.25, 0.3) is 0 Å². The zero-order valence-corrected chi connectivity index (χ0v) is 21.3. The quantitative estimate of drug-likeness (QED) is 0.0767. The summed E-state index contributed by atoms with van der Waals surface area (Å²) in [6, 6.07) is 0. The van der Waals surface area contributed by atoms with Crippen LogP contribution < -0.4 is 0 Å². The minimum atomic E-state index is -1.31. The fourth-order valence-electron chi connectivity index (χ4n) is 0.923. The molecule has 0 unspecified atom stereocenters. The van der Waals surface area contributed by atoms with Crippen molar-refractivity contribution in [2.75, 3.05) is 0 Å². The van der Waals surface area contributed by atoms with E-state index in [1.807, 2.05) is 0 Å². The van der Waals surface area contributed by atoms with Crippen molar-refractivity contribution in [1.29, 1.82) is 0 Å². The van der Waals surface area contributed by atoms with E-state index in [4.69, 9.17) is 21.0 Å². The van der Waals surface area contributed by atoms with Gasteiger partial charge in [-0.2, -0.15) is 0 Å². The topological polar surface area (TPSA) is 129 Å². The molecule has 11 heteroatoms. The van der Waals surface area contributed by atoms with Crippen LogP contribution in [0.3, 0.4) is 0 Å². The summed E-state index contributed by atoms with van der Waals surface area (Å²) in [7, 11) is 0. The van der Waals surface area contributed by atoms with Crippen molar-refractivity contribution in [3.8, 4) is 0 Å². The molecule has 0 amide bonds. The van der Waals surface area contributed by atoms with E-state index in [0.29, 0.717) is 0 Å². The number of carbonyl (C=O) groups is 4. The van der Waals surface area contributed by atoms with Crippen LogP contribution in [0.15, 0.2) is 12.2 Å². The van der Waals surface area contributed by atoms with Gasteiger partial charge in [0.05, 0.1) is 0 Å². The zero-order valence-electron chi connectivity index (χ0n) is 14.9. The summed E-state index contributed by atoms with van der Waals surface area (Å²) in [6.45, 7) is 4.15. The summed E-state index contributed by atoms with van der Waals surface area (Å²) in [5, 5.41) is 23.5. The maximum atomic E-state index is 9.88. The number of hydrogen-bond acceptors (Lipinski definition) is 4. The number of aldehydes is 1. The van der Waals surface area contributed by atoms with E-state index in [1.165, 1.54) is 6.08 Å². The molecule has 0 fully saturated rings. The summed E-state index contributed by atoms with van der Waals surface area (Å²) in [5.41, 5.74) is 5.24. The van der Waals surface area contributed by atoms with Gasteiger partial charge in [-0.05, 0) is 12.8 Å². The summed E-state index contributed by atoms with van der Waals surface area (Å²) in [5.74, 6) is -3.48. The monoisotopic (exact) mass is 710 g/mol. The van der Waals surface area contributed by atoms with Crippen molar-refractivity contribution in [3.63, 3.8) is 0 Å². The molecule has 7 nitrogen and oxygen atoms in total. The van der Waals surface area contributed by atoms with Gasteiger partial charge in [0.25, 0.3) is 0 Å². The second-order valence-corrected chi connectivity index (χ2v) is 27.9. The molecule has 152 valence electrons. The number of allylic oxidation sites excluding steroid dienone is 1. The first kappa shape index (κ1) is 33.6. The van der Waals surface area contributed by atoms with Crippen LogP contribution in [0.4, 0.5) is 0 Å². The molecule has 0 aromatic heterocycles. The number of aliphatic carboxylic acids is 3. The fraction of sp³-hybridized carbons (Fsp3) is 0.600. The Morgan fingerprint density at radius 2 is 1.35 bits per heavy atom. The van der Waals surface area contributed by atoms with Crippen LogP contribution in [-0.4, -0.2) is 45.2 Å². The van der Waals surface area contributed by atoms with Crippen LogP contribution in [0.2, 0.25) is 0 Å². The van der Waals surface area contributed by atoms with Gasteiger partial charge in [0.15, 0.2) is 0 Å². The molecule has 0 aromatic carbocycles. The Bertz CT molecular complexity index is 377. The van der Waals surface area contributed by atoms with Crippen molar-refractivity contribution >= 4 is 78.8 Å². The zero-order chi connectivity index (χ0) is 21.4. The van der Waals surface area contributed by atoms with Gasteiger partial charge in [-0.1, -0.05) is 39.2 Å². The van der Waals surface area contributed by atoms with E-state index < -0.39 is 36.0 Å². The van der Waals surface area contributed by atoms with Gasteiger partial charge in [-0.25, -0.2) is 4.79 Å². The molecule has 3 N–H and O–H groups in total. The van der Waals surface area contributed by atoms with Crippen LogP contribution in [-0.2, 0) is 19.2 Å². The molecule has 0 bridgehead atoms. The normalized spacial score (nSPS) is 9.31. The number of unbranched alkanes of at least 4 members (excludes halogenated alkanes) is 4. The number of carboxylic acid groups (broad SMARTS) is 3. The van der Waals surface area contributed by atoms with Gasteiger partial charge in [0, 0.05) is 12.5 Å². The third-order valence-corrected chi connectivity index (χ3v) is 1.96. The Kier molecular flexibility index (Phi) is 38.6. The van der Waals surface area contributed by atoms with E-state index in [2.05, 4.69) is 51.1 Å². The van der Waals surface area contributed by atoms with Gasteiger partial charge in [0.2, 0.25) is 0 Å². The SMILES string of the molecule is CCCC/C=C/C(=O)O.CCCCC=O.O=C(O)CC(=O)O.[B]I(I)I. The van der Waals surface area contributed by atoms with Crippen LogP contribution in [0, 0.1) is 0 Å². The van der Waals surface area contributed by atoms with Crippen molar-refractivity contribution in [3.05, 3.63) is 12.2 Å². The second kappa shape index (κ2) is 29.8. The molecule has 0 aromatic rings. The number of hydrogen-bond donors (Lipinski definition) is 3. The molecule has 26 heavy (non-hydrogen) atoms. The average molecular weight is 710 g/mol. The van der Waals surface area contributed by atoms with Crippen molar-refractivity contribution < 1.29 is 34.5 Å². The third-order valence-electron chi connectivity index (χ3n) is 1.96. The number of rotatable bonds is 9. The summed E-state index contributed by atoms with van der Waals surface area (Å²) in [6.07, 6.45) is 9.00. The van der Waals surface area contributed by atoms with E-state index in [-0.39, 0.29) is 0 Å². The average Bonchev–Trinajstić information content (AvgIpc) is 2.48. The van der Waals surface area contributed by atoms with Gasteiger partial charge >= 0.3 is 72.5 Å². The Morgan fingerprint density at radius 1 is 0.962 bits per heavy atom. The van der Waals surface area contributed by atoms with Crippen LogP contribution in [0.1, 0.15) is 58.8 Å². The Labute approximate surface area is 182 Å². The third kappa shape index (κ3) is 75.0. The fourth-order valence-corrected chi connectivity index (χ4v) is 0.923. The molecule has 0 atom stereocenters. The first-order valence-electron chi connectivity index (χ1n) is 7.58. The summed E-state index contributed by atoms with van der Waals surface area (Å²) in [4.78, 5) is 38.3. The van der Waals surface area contributed by atoms with Crippen LogP contribution >= 0.6 is 48.9 Å². The molecule has 0 saturated heterocycles. The summed E-state index contributed by atoms with van der Waals surface area (Å²) >= 11 is 3.71. The van der Waals surface area contributed by atoms with Crippen LogP contribution in [0.5, 0.6) is 0 Å². The van der Waals surface area contributed by atoms with Crippen molar-refractivity contribution in [1.82, 2.24) is 0 Å². The minimum absolute atomic E-state index is 0.733. The van der Waals surface area contributed by atoms with Gasteiger partial charge in [-0.3, -0.25) is 9.59 Å². The maximum absolute atomic E-state index is 9.88. The van der Waals surface area contributed by atoms with Gasteiger partial charge in [0.1, 0.15) is 12.7 Å². The van der Waals surface area contributed by atoms with E-state index in [1.54, 1.807) is 6.08 Å². The predicted molar refractivity (Wildman–Crippen MR) is 130 cm³/mol.